The molecule has 0 unspecified atom stereocenters. The molecule has 0 aliphatic rings. The molecule has 3 aromatic carbocycles. The van der Waals surface area contributed by atoms with Crippen molar-refractivity contribution in [3.8, 4) is 11.5 Å². The van der Waals surface area contributed by atoms with Crippen LogP contribution in [0.2, 0.25) is 0 Å². The second-order valence-corrected chi connectivity index (χ2v) is 8.47. The minimum atomic E-state index is -4.95. The zero-order valence-corrected chi connectivity index (χ0v) is 18.4. The van der Waals surface area contributed by atoms with E-state index in [9.17, 15) is 36.2 Å². The van der Waals surface area contributed by atoms with Crippen molar-refractivity contribution in [2.24, 2.45) is 4.99 Å². The summed E-state index contributed by atoms with van der Waals surface area (Å²) in [6, 6.07) is 9.36. The SMILES string of the molecule is O=S(=O)([O-])c1cc(O)c2c(N=Cc3ccccc3O)cc(S(=O)(=O)[O-])cc2c1.[H+].[Na+]. The predicted molar refractivity (Wildman–Crippen MR) is 98.0 cm³/mol. The van der Waals surface area contributed by atoms with E-state index in [2.05, 4.69) is 4.99 Å². The van der Waals surface area contributed by atoms with Crippen LogP contribution in [0.1, 0.15) is 6.99 Å². The first-order valence-corrected chi connectivity index (χ1v) is 10.3. The summed E-state index contributed by atoms with van der Waals surface area (Å²) in [5, 5.41) is 19.7. The summed E-state index contributed by atoms with van der Waals surface area (Å²) >= 11 is 0. The van der Waals surface area contributed by atoms with E-state index in [1.54, 1.807) is 12.1 Å². The Bertz CT molecular complexity index is 1340. The molecule has 0 saturated carbocycles. The van der Waals surface area contributed by atoms with Gasteiger partial charge in [0.05, 0.1) is 15.5 Å². The summed E-state index contributed by atoms with van der Waals surface area (Å²) in [6.45, 7) is 0. The Kier molecular flexibility index (Phi) is 6.75. The van der Waals surface area contributed by atoms with Crippen LogP contribution < -0.4 is 29.6 Å². The molecule has 0 saturated heterocycles. The zero-order valence-electron chi connectivity index (χ0n) is 15.8. The van der Waals surface area contributed by atoms with E-state index in [1.807, 2.05) is 0 Å². The number of aliphatic imine (C=N–C) groups is 1. The van der Waals surface area contributed by atoms with Gasteiger partial charge >= 0.3 is 31.0 Å². The normalized spacial score (nSPS) is 12.2. The molecule has 0 aliphatic heterocycles. The molecule has 0 atom stereocenters. The quantitative estimate of drug-likeness (QED) is 0.291. The third-order valence-corrected chi connectivity index (χ3v) is 5.44. The van der Waals surface area contributed by atoms with Crippen molar-refractivity contribution in [3.63, 3.8) is 0 Å². The van der Waals surface area contributed by atoms with Crippen molar-refractivity contribution in [2.75, 3.05) is 0 Å². The molecule has 29 heavy (non-hydrogen) atoms. The number of benzene rings is 3. The number of phenolic OH excluding ortho intramolecular Hbond substituents is 2. The van der Waals surface area contributed by atoms with Crippen LogP contribution in [0.4, 0.5) is 5.69 Å². The third-order valence-electron chi connectivity index (χ3n) is 3.81. The molecular weight excluding hydrogens is 433 g/mol. The van der Waals surface area contributed by atoms with E-state index in [4.69, 9.17) is 0 Å². The summed E-state index contributed by atoms with van der Waals surface area (Å²) in [5.41, 5.74) is 0.0896. The summed E-state index contributed by atoms with van der Waals surface area (Å²) in [4.78, 5) is 2.49. The molecule has 0 spiro atoms. The smallest absolute Gasteiger partial charge is 0.744 e. The van der Waals surface area contributed by atoms with Gasteiger partial charge in [0.25, 0.3) is 0 Å². The Morgan fingerprint density at radius 2 is 1.41 bits per heavy atom. The predicted octanol–water partition coefficient (Wildman–Crippen LogP) is -1.07. The van der Waals surface area contributed by atoms with E-state index >= 15 is 0 Å². The van der Waals surface area contributed by atoms with E-state index in [1.165, 1.54) is 18.3 Å². The van der Waals surface area contributed by atoms with E-state index in [0.717, 1.165) is 18.2 Å². The van der Waals surface area contributed by atoms with Crippen molar-refractivity contribution in [3.05, 3.63) is 54.1 Å². The van der Waals surface area contributed by atoms with Gasteiger partial charge in [0, 0.05) is 17.2 Å². The summed E-state index contributed by atoms with van der Waals surface area (Å²) in [7, 11) is -9.90. The van der Waals surface area contributed by atoms with E-state index < -0.39 is 35.8 Å². The van der Waals surface area contributed by atoms with Crippen molar-refractivity contribution in [1.29, 1.82) is 0 Å². The molecule has 12 heteroatoms. The molecule has 9 nitrogen and oxygen atoms in total. The third kappa shape index (κ3) is 5.14. The Morgan fingerprint density at radius 3 is 1.97 bits per heavy atom. The monoisotopic (exact) mass is 445 g/mol. The molecule has 0 aromatic heterocycles. The molecule has 146 valence electrons. The minimum absolute atomic E-state index is 0. The minimum Gasteiger partial charge on any atom is -0.744 e. The van der Waals surface area contributed by atoms with Gasteiger partial charge in [-0.3, -0.25) is 4.99 Å². The molecular formula is C17H12NNaO8S2. The maximum atomic E-state index is 11.4. The fourth-order valence-electron chi connectivity index (χ4n) is 2.54. The van der Waals surface area contributed by atoms with E-state index in [0.29, 0.717) is 6.07 Å². The second-order valence-electron chi connectivity index (χ2n) is 5.71. The topological polar surface area (TPSA) is 167 Å². The molecule has 3 aromatic rings. The van der Waals surface area contributed by atoms with Gasteiger partial charge in [-0.25, -0.2) is 16.8 Å². The summed E-state index contributed by atoms with van der Waals surface area (Å²) in [6.07, 6.45) is 1.17. The molecule has 2 N–H and O–H groups in total. The van der Waals surface area contributed by atoms with Crippen molar-refractivity contribution < 1.29 is 67.1 Å². The molecule has 3 rings (SSSR count). The van der Waals surface area contributed by atoms with Crippen LogP contribution in [-0.2, 0) is 20.2 Å². The van der Waals surface area contributed by atoms with Gasteiger partial charge in [0.1, 0.15) is 31.7 Å². The van der Waals surface area contributed by atoms with Gasteiger partial charge in [0.15, 0.2) is 0 Å². The zero-order chi connectivity index (χ0) is 20.7. The first kappa shape index (κ1) is 23.3. The molecule has 0 fully saturated rings. The first-order chi connectivity index (χ1) is 13.0. The molecule has 0 amide bonds. The van der Waals surface area contributed by atoms with Crippen LogP contribution in [0.3, 0.4) is 0 Å². The Hall–Kier alpha value is -1.99. The molecule has 0 bridgehead atoms. The van der Waals surface area contributed by atoms with Crippen LogP contribution in [0.5, 0.6) is 11.5 Å². The number of para-hydroxylation sites is 1. The maximum Gasteiger partial charge on any atom is 1.00 e. The van der Waals surface area contributed by atoms with E-state index in [-0.39, 0.29) is 58.8 Å². The maximum absolute atomic E-state index is 11.4. The summed E-state index contributed by atoms with van der Waals surface area (Å²) in [5.74, 6) is -0.765. The largest absolute Gasteiger partial charge is 1.00 e. The van der Waals surface area contributed by atoms with Gasteiger partial charge in [-0.05, 0) is 41.8 Å². The van der Waals surface area contributed by atoms with Gasteiger partial charge in [-0.15, -0.1) is 0 Å². The average molecular weight is 445 g/mol. The first-order valence-electron chi connectivity index (χ1n) is 7.51. The van der Waals surface area contributed by atoms with Crippen LogP contribution in [0.25, 0.3) is 10.8 Å². The van der Waals surface area contributed by atoms with Crippen molar-refractivity contribution in [1.82, 2.24) is 0 Å². The number of aromatic hydroxyl groups is 2. The molecule has 0 heterocycles. The molecule has 0 aliphatic carbocycles. The Morgan fingerprint density at radius 1 is 0.862 bits per heavy atom. The Balaban J connectivity index is 0.00000225. The molecule has 0 radical (unpaired) electrons. The van der Waals surface area contributed by atoms with Crippen LogP contribution >= 0.6 is 0 Å². The summed E-state index contributed by atoms with van der Waals surface area (Å²) < 4.78 is 68.0. The standard InChI is InChI=1S/C17H13NO8S2.Na/c19-15-4-2-1-3-10(15)9-18-14-7-12(27(21,22)23)5-11-6-13(28(24,25)26)8-16(20)17(11)14;/h1-9,19-20H,(H,21,22,23)(H,24,25,26);/q;+1/p-1. The second kappa shape index (κ2) is 8.40. The fraction of sp³-hybridized carbons (Fsp3) is 0. The number of hydrogen-bond acceptors (Lipinski definition) is 9. The van der Waals surface area contributed by atoms with Gasteiger partial charge in [0.2, 0.25) is 0 Å². The fourth-order valence-corrected chi connectivity index (χ4v) is 3.60. The Labute approximate surface area is 189 Å². The van der Waals surface area contributed by atoms with Crippen LogP contribution in [0, 0.1) is 0 Å². The number of rotatable bonds is 4. The van der Waals surface area contributed by atoms with Gasteiger partial charge in [-0.1, -0.05) is 12.1 Å². The number of hydrogen-bond donors (Lipinski definition) is 2. The number of nitrogens with zero attached hydrogens (tertiary/aromatic N) is 1. The van der Waals surface area contributed by atoms with Crippen molar-refractivity contribution in [2.45, 2.75) is 9.79 Å². The van der Waals surface area contributed by atoms with Gasteiger partial charge in [-0.2, -0.15) is 0 Å². The average Bonchev–Trinajstić information content (AvgIpc) is 2.58. The van der Waals surface area contributed by atoms with Crippen LogP contribution in [0.15, 0.2) is 63.3 Å². The number of phenols is 2. The van der Waals surface area contributed by atoms with Crippen molar-refractivity contribution >= 4 is 42.9 Å². The van der Waals surface area contributed by atoms with Gasteiger partial charge < -0.3 is 19.3 Å². The van der Waals surface area contributed by atoms with Crippen LogP contribution in [-0.4, -0.2) is 42.4 Å². The number of fused-ring (bicyclic) bond motifs is 1.